The lowest BCUT2D eigenvalue weighted by atomic mass is 10.1. The molecule has 30 heavy (non-hydrogen) atoms. The van der Waals surface area contributed by atoms with Crippen molar-refractivity contribution < 1.29 is 4.79 Å². The minimum atomic E-state index is -0.254. The fourth-order valence-electron chi connectivity index (χ4n) is 3.29. The highest BCUT2D eigenvalue weighted by Gasteiger charge is 2.10. The van der Waals surface area contributed by atoms with Crippen LogP contribution in [-0.2, 0) is 6.54 Å². The molecule has 8 heteroatoms. The van der Waals surface area contributed by atoms with E-state index in [1.165, 1.54) is 10.6 Å². The largest absolute Gasteiger partial charge is 0.346 e. The Morgan fingerprint density at radius 2 is 1.97 bits per heavy atom. The molecule has 5 aromatic rings. The predicted octanol–water partition coefficient (Wildman–Crippen LogP) is 2.56. The van der Waals surface area contributed by atoms with E-state index in [9.17, 15) is 9.59 Å². The molecular weight excluding hydrogens is 380 g/mol. The standard InChI is InChI=1S/C22H16N6O2/c29-21-10-17(26-20-11-19(27-28(20)21)16-4-1-7-23-12-16)13-25-22(30)15-5-6-18-14(9-15)3-2-8-24-18/h1-12,27H,13H2,(H,25,30). The van der Waals surface area contributed by atoms with Crippen LogP contribution in [-0.4, -0.2) is 30.5 Å². The van der Waals surface area contributed by atoms with Gasteiger partial charge in [-0.1, -0.05) is 6.07 Å². The van der Waals surface area contributed by atoms with E-state index in [-0.39, 0.29) is 18.0 Å². The van der Waals surface area contributed by atoms with E-state index in [1.807, 2.05) is 24.3 Å². The molecule has 1 aromatic carbocycles. The van der Waals surface area contributed by atoms with Crippen molar-refractivity contribution in [1.29, 1.82) is 0 Å². The number of nitrogens with one attached hydrogen (secondary N) is 2. The zero-order chi connectivity index (χ0) is 20.5. The van der Waals surface area contributed by atoms with E-state index in [4.69, 9.17) is 0 Å². The number of H-pyrrole nitrogens is 1. The van der Waals surface area contributed by atoms with E-state index in [2.05, 4.69) is 25.4 Å². The van der Waals surface area contributed by atoms with Crippen molar-refractivity contribution >= 4 is 22.5 Å². The Bertz CT molecular complexity index is 1440. The van der Waals surface area contributed by atoms with E-state index in [0.717, 1.165) is 22.2 Å². The summed E-state index contributed by atoms with van der Waals surface area (Å²) in [6.45, 7) is 0.142. The van der Waals surface area contributed by atoms with Crippen molar-refractivity contribution in [2.24, 2.45) is 0 Å². The lowest BCUT2D eigenvalue weighted by Crippen LogP contribution is -2.25. The first-order valence-electron chi connectivity index (χ1n) is 9.32. The number of pyridine rings is 2. The first-order valence-corrected chi connectivity index (χ1v) is 9.32. The molecule has 0 saturated carbocycles. The van der Waals surface area contributed by atoms with Gasteiger partial charge in [-0.2, -0.15) is 0 Å². The molecule has 4 aromatic heterocycles. The van der Waals surface area contributed by atoms with Gasteiger partial charge in [-0.15, -0.1) is 0 Å². The third-order valence-electron chi connectivity index (χ3n) is 4.77. The topological polar surface area (TPSA) is 105 Å². The molecular formula is C22H16N6O2. The van der Waals surface area contributed by atoms with Crippen molar-refractivity contribution in [2.45, 2.75) is 6.54 Å². The maximum Gasteiger partial charge on any atom is 0.272 e. The summed E-state index contributed by atoms with van der Waals surface area (Å²) in [4.78, 5) is 37.8. The van der Waals surface area contributed by atoms with Crippen LogP contribution in [0.1, 0.15) is 16.1 Å². The van der Waals surface area contributed by atoms with Gasteiger partial charge in [0.1, 0.15) is 0 Å². The number of amides is 1. The van der Waals surface area contributed by atoms with Gasteiger partial charge in [0.2, 0.25) is 0 Å². The minimum Gasteiger partial charge on any atom is -0.346 e. The molecule has 0 aliphatic heterocycles. The Hall–Kier alpha value is -4.33. The fraction of sp³-hybridized carbons (Fsp3) is 0.0455. The number of aromatic amines is 1. The number of aromatic nitrogens is 5. The third-order valence-corrected chi connectivity index (χ3v) is 4.77. The van der Waals surface area contributed by atoms with Crippen molar-refractivity contribution in [3.8, 4) is 11.3 Å². The normalized spacial score (nSPS) is 11.1. The number of nitrogens with zero attached hydrogens (tertiary/aromatic N) is 4. The number of hydrogen-bond donors (Lipinski definition) is 2. The van der Waals surface area contributed by atoms with Gasteiger partial charge < -0.3 is 5.32 Å². The van der Waals surface area contributed by atoms with Crippen molar-refractivity contribution in [1.82, 2.24) is 29.9 Å². The monoisotopic (exact) mass is 396 g/mol. The highest BCUT2D eigenvalue weighted by Crippen LogP contribution is 2.17. The average molecular weight is 396 g/mol. The highest BCUT2D eigenvalue weighted by atomic mass is 16.1. The number of rotatable bonds is 4. The lowest BCUT2D eigenvalue weighted by molar-refractivity contribution is 0.0950. The summed E-state index contributed by atoms with van der Waals surface area (Å²) < 4.78 is 1.37. The van der Waals surface area contributed by atoms with Crippen LogP contribution in [0.15, 0.2) is 78.0 Å². The molecule has 5 rings (SSSR count). The summed E-state index contributed by atoms with van der Waals surface area (Å²) >= 11 is 0. The van der Waals surface area contributed by atoms with E-state index in [0.29, 0.717) is 16.9 Å². The molecule has 0 bridgehead atoms. The number of fused-ring (bicyclic) bond motifs is 2. The molecule has 0 saturated heterocycles. The average Bonchev–Trinajstić information content (AvgIpc) is 3.23. The first kappa shape index (κ1) is 17.7. The number of hydrogen-bond acceptors (Lipinski definition) is 5. The molecule has 4 heterocycles. The van der Waals surface area contributed by atoms with Gasteiger partial charge in [0.05, 0.1) is 23.4 Å². The summed E-state index contributed by atoms with van der Waals surface area (Å²) in [5.41, 5.74) is 3.63. The van der Waals surface area contributed by atoms with Gasteiger partial charge in [0.15, 0.2) is 5.65 Å². The Kier molecular flexibility index (Phi) is 4.29. The number of carbonyl (C=O) groups is 1. The summed E-state index contributed by atoms with van der Waals surface area (Å²) in [7, 11) is 0. The van der Waals surface area contributed by atoms with Crippen LogP contribution in [0.3, 0.4) is 0 Å². The van der Waals surface area contributed by atoms with E-state index < -0.39 is 0 Å². The number of carbonyl (C=O) groups excluding carboxylic acids is 1. The molecule has 0 aliphatic rings. The van der Waals surface area contributed by atoms with Crippen molar-refractivity contribution in [3.05, 3.63) is 94.8 Å². The van der Waals surface area contributed by atoms with Crippen molar-refractivity contribution in [3.63, 3.8) is 0 Å². The second-order valence-electron chi connectivity index (χ2n) is 6.78. The minimum absolute atomic E-state index is 0.142. The molecule has 0 radical (unpaired) electrons. The van der Waals surface area contributed by atoms with Gasteiger partial charge in [-0.25, -0.2) is 9.50 Å². The van der Waals surface area contributed by atoms with Crippen LogP contribution in [0.2, 0.25) is 0 Å². The van der Waals surface area contributed by atoms with Crippen LogP contribution in [0.4, 0.5) is 0 Å². The predicted molar refractivity (Wildman–Crippen MR) is 112 cm³/mol. The Morgan fingerprint density at radius 1 is 1.07 bits per heavy atom. The second kappa shape index (κ2) is 7.25. The summed E-state index contributed by atoms with van der Waals surface area (Å²) in [5, 5.41) is 6.73. The molecule has 2 N–H and O–H groups in total. The first-order chi connectivity index (χ1) is 14.7. The second-order valence-corrected chi connectivity index (χ2v) is 6.78. The summed E-state index contributed by atoms with van der Waals surface area (Å²) in [5.74, 6) is -0.243. The molecule has 0 fully saturated rings. The molecule has 0 atom stereocenters. The fourth-order valence-corrected chi connectivity index (χ4v) is 3.29. The zero-order valence-electron chi connectivity index (χ0n) is 15.7. The van der Waals surface area contributed by atoms with Crippen LogP contribution < -0.4 is 10.9 Å². The lowest BCUT2D eigenvalue weighted by Gasteiger charge is -2.06. The van der Waals surface area contributed by atoms with E-state index in [1.54, 1.807) is 42.9 Å². The van der Waals surface area contributed by atoms with Gasteiger partial charge in [0, 0.05) is 47.2 Å². The maximum atomic E-state index is 12.5. The van der Waals surface area contributed by atoms with Crippen LogP contribution in [0.5, 0.6) is 0 Å². The van der Waals surface area contributed by atoms with Gasteiger partial charge in [-0.3, -0.25) is 24.7 Å². The van der Waals surface area contributed by atoms with E-state index >= 15 is 0 Å². The smallest absolute Gasteiger partial charge is 0.272 e. The van der Waals surface area contributed by atoms with Gasteiger partial charge in [-0.05, 0) is 36.4 Å². The Balaban J connectivity index is 1.38. The highest BCUT2D eigenvalue weighted by molar-refractivity contribution is 5.97. The third kappa shape index (κ3) is 3.30. The van der Waals surface area contributed by atoms with Crippen molar-refractivity contribution in [2.75, 3.05) is 0 Å². The summed E-state index contributed by atoms with van der Waals surface area (Å²) in [6.07, 6.45) is 5.10. The number of benzene rings is 1. The van der Waals surface area contributed by atoms with Crippen LogP contribution >= 0.6 is 0 Å². The molecule has 1 amide bonds. The maximum absolute atomic E-state index is 12.5. The molecule has 8 nitrogen and oxygen atoms in total. The quantitative estimate of drug-likeness (QED) is 0.486. The van der Waals surface area contributed by atoms with Crippen LogP contribution in [0, 0.1) is 0 Å². The van der Waals surface area contributed by atoms with Gasteiger partial charge in [0.25, 0.3) is 11.5 Å². The molecule has 0 aliphatic carbocycles. The SMILES string of the molecule is O=C(NCc1cc(=O)n2[nH]c(-c3cccnc3)cc2n1)c1ccc2ncccc2c1. The molecule has 146 valence electrons. The van der Waals surface area contributed by atoms with Crippen LogP contribution in [0.25, 0.3) is 27.8 Å². The Labute approximate surface area is 170 Å². The molecule has 0 spiro atoms. The summed E-state index contributed by atoms with van der Waals surface area (Å²) in [6, 6.07) is 15.9. The Morgan fingerprint density at radius 3 is 2.83 bits per heavy atom. The zero-order valence-corrected chi connectivity index (χ0v) is 15.7. The van der Waals surface area contributed by atoms with Gasteiger partial charge >= 0.3 is 0 Å². The molecule has 0 unspecified atom stereocenters.